The molecule has 2 heterocycles. The van der Waals surface area contributed by atoms with Crippen LogP contribution in [0.5, 0.6) is 0 Å². The highest BCUT2D eigenvalue weighted by Gasteiger charge is 2.43. The number of amides is 1. The Bertz CT molecular complexity index is 1360. The van der Waals surface area contributed by atoms with Crippen molar-refractivity contribution in [3.63, 3.8) is 0 Å². The predicted octanol–water partition coefficient (Wildman–Crippen LogP) is 9.99. The van der Waals surface area contributed by atoms with Crippen LogP contribution in [0.2, 0.25) is 0 Å². The average Bonchev–Trinajstić information content (AvgIpc) is 2.97. The van der Waals surface area contributed by atoms with Gasteiger partial charge in [-0.2, -0.15) is 0 Å². The number of benzene rings is 3. The van der Waals surface area contributed by atoms with Gasteiger partial charge >= 0.3 is 0 Å². The zero-order chi connectivity index (χ0) is 20.9. The Morgan fingerprint density at radius 2 is 1.28 bits per heavy atom. The minimum Gasteiger partial charge on any atom is -0.268 e. The molecule has 0 radical (unpaired) electrons. The third kappa shape index (κ3) is 2.90. The van der Waals surface area contributed by atoms with Crippen LogP contribution in [0.4, 0.5) is 11.4 Å². The molecule has 0 aromatic heterocycles. The quantitative estimate of drug-likeness (QED) is 0.164. The van der Waals surface area contributed by atoms with Crippen molar-refractivity contribution in [3.05, 3.63) is 59.0 Å². The molecule has 0 unspecified atom stereocenters. The van der Waals surface area contributed by atoms with Crippen LogP contribution in [0.15, 0.2) is 52.9 Å². The molecule has 0 saturated carbocycles. The van der Waals surface area contributed by atoms with Crippen molar-refractivity contribution >= 4 is 161 Å². The fourth-order valence-corrected chi connectivity index (χ4v) is 8.65. The number of hydrogen-bond acceptors (Lipinski definition) is 2. The first-order valence-corrected chi connectivity index (χ1v) is 14.1. The summed E-state index contributed by atoms with van der Waals surface area (Å²) < 4.78 is 6.50. The maximum Gasteiger partial charge on any atom is 0.266 e. The lowest BCUT2D eigenvalue weighted by atomic mass is 10.0. The SMILES string of the molecule is O=C1c2c(Br)c(Br)c(Br)c(Br)c2C2=Nc3c(Br)cc(Br)c4c(Br)c(Br)cc(c34)N12. The van der Waals surface area contributed by atoms with E-state index in [9.17, 15) is 4.79 Å². The van der Waals surface area contributed by atoms with Crippen LogP contribution in [0.1, 0.15) is 15.9 Å². The smallest absolute Gasteiger partial charge is 0.266 e. The van der Waals surface area contributed by atoms with Gasteiger partial charge in [0.25, 0.3) is 5.91 Å². The number of amidine groups is 1. The first-order chi connectivity index (χ1) is 13.6. The number of nitrogens with zero attached hydrogens (tertiary/aromatic N) is 2. The van der Waals surface area contributed by atoms with Gasteiger partial charge in [0.15, 0.2) is 0 Å². The van der Waals surface area contributed by atoms with Gasteiger partial charge in [-0.05, 0) is 124 Å². The van der Waals surface area contributed by atoms with Gasteiger partial charge in [-0.3, -0.25) is 9.69 Å². The van der Waals surface area contributed by atoms with Crippen molar-refractivity contribution < 1.29 is 4.79 Å². The topological polar surface area (TPSA) is 32.7 Å². The third-order valence-corrected chi connectivity index (χ3v) is 12.7. The molecule has 146 valence electrons. The molecule has 0 atom stereocenters. The van der Waals surface area contributed by atoms with Gasteiger partial charge in [-0.1, -0.05) is 15.9 Å². The summed E-state index contributed by atoms with van der Waals surface area (Å²) in [6, 6.07) is 3.91. The largest absolute Gasteiger partial charge is 0.268 e. The molecule has 0 spiro atoms. The molecule has 3 nitrogen and oxygen atoms in total. The van der Waals surface area contributed by atoms with E-state index in [4.69, 9.17) is 4.99 Å². The van der Waals surface area contributed by atoms with Gasteiger partial charge in [-0.15, -0.1) is 0 Å². The summed E-state index contributed by atoms with van der Waals surface area (Å²) in [4.78, 5) is 20.2. The molecule has 3 aromatic carbocycles. The zero-order valence-electron chi connectivity index (χ0n) is 13.5. The summed E-state index contributed by atoms with van der Waals surface area (Å²) in [5.74, 6) is 0.439. The zero-order valence-corrected chi connectivity index (χ0v) is 26.2. The van der Waals surface area contributed by atoms with Crippen molar-refractivity contribution in [2.45, 2.75) is 0 Å². The summed E-state index contributed by atoms with van der Waals surface area (Å²) in [5.41, 5.74) is 2.84. The van der Waals surface area contributed by atoms with Crippen LogP contribution in [-0.4, -0.2) is 11.7 Å². The Hall–Kier alpha value is 0.900. The molecule has 11 heteroatoms. The third-order valence-electron chi connectivity index (χ3n) is 4.73. The van der Waals surface area contributed by atoms with Gasteiger partial charge in [0.1, 0.15) is 5.84 Å². The Morgan fingerprint density at radius 1 is 0.655 bits per heavy atom. The molecular weight excluding hydrogens is 899 g/mol. The normalized spacial score (nSPS) is 14.4. The second-order valence-electron chi connectivity index (χ2n) is 6.21. The molecular formula is C18H2Br8N2O. The summed E-state index contributed by atoms with van der Waals surface area (Å²) in [7, 11) is 0. The van der Waals surface area contributed by atoms with E-state index in [0.29, 0.717) is 15.9 Å². The van der Waals surface area contributed by atoms with E-state index in [2.05, 4.69) is 127 Å². The van der Waals surface area contributed by atoms with Gasteiger partial charge in [0, 0.05) is 52.1 Å². The van der Waals surface area contributed by atoms with Crippen molar-refractivity contribution in [1.29, 1.82) is 0 Å². The van der Waals surface area contributed by atoms with Crippen molar-refractivity contribution in [2.24, 2.45) is 4.99 Å². The monoisotopic (exact) mass is 893 g/mol. The number of hydrogen-bond donors (Lipinski definition) is 0. The Kier molecular flexibility index (Phi) is 5.59. The first-order valence-electron chi connectivity index (χ1n) is 7.74. The van der Waals surface area contributed by atoms with Gasteiger partial charge in [-0.25, -0.2) is 4.99 Å². The van der Waals surface area contributed by atoms with Crippen LogP contribution in [0.3, 0.4) is 0 Å². The van der Waals surface area contributed by atoms with Crippen LogP contribution < -0.4 is 4.90 Å². The van der Waals surface area contributed by atoms with Crippen LogP contribution in [-0.2, 0) is 0 Å². The number of anilines is 1. The highest BCUT2D eigenvalue weighted by atomic mass is 79.9. The first kappa shape index (κ1) is 21.7. The molecule has 0 fully saturated rings. The van der Waals surface area contributed by atoms with Crippen LogP contribution in [0.25, 0.3) is 10.8 Å². The minimum atomic E-state index is -0.142. The minimum absolute atomic E-state index is 0.142. The molecule has 5 rings (SSSR count). The summed E-state index contributed by atoms with van der Waals surface area (Å²) in [5, 5.41) is 1.83. The maximum absolute atomic E-state index is 13.6. The summed E-state index contributed by atoms with van der Waals surface area (Å²) in [6.45, 7) is 0. The Morgan fingerprint density at radius 3 is 1.93 bits per heavy atom. The van der Waals surface area contributed by atoms with E-state index in [0.717, 1.165) is 59.0 Å². The predicted molar refractivity (Wildman–Crippen MR) is 145 cm³/mol. The van der Waals surface area contributed by atoms with E-state index in [-0.39, 0.29) is 5.91 Å². The van der Waals surface area contributed by atoms with Crippen LogP contribution in [0, 0.1) is 0 Å². The molecule has 3 aromatic rings. The van der Waals surface area contributed by atoms with Crippen molar-refractivity contribution in [2.75, 3.05) is 4.90 Å². The standard InChI is InChI=1S/C18H2Br8N2O/c19-3-1-5(21)16-8-6(2-4(20)11(22)7(3)8)28-17(27-16)9-10(18(28)29)13(24)15(26)14(25)12(9)23/h1-2H. The molecule has 2 aliphatic heterocycles. The highest BCUT2D eigenvalue weighted by molar-refractivity contribution is 9.15. The Labute approximate surface area is 232 Å². The van der Waals surface area contributed by atoms with Crippen molar-refractivity contribution in [3.8, 4) is 0 Å². The highest BCUT2D eigenvalue weighted by Crippen LogP contribution is 2.54. The summed E-state index contributed by atoms with van der Waals surface area (Å²) >= 11 is 28.9. The Balaban J connectivity index is 1.98. The van der Waals surface area contributed by atoms with E-state index in [1.807, 2.05) is 12.1 Å². The number of halogens is 8. The molecule has 1 amide bonds. The second kappa shape index (κ2) is 7.46. The lowest BCUT2D eigenvalue weighted by molar-refractivity contribution is 0.101. The van der Waals surface area contributed by atoms with E-state index in [1.165, 1.54) is 0 Å². The lowest BCUT2D eigenvalue weighted by Gasteiger charge is -2.26. The number of carbonyl (C=O) groups is 1. The molecule has 0 saturated heterocycles. The van der Waals surface area contributed by atoms with Crippen LogP contribution >= 0.6 is 127 Å². The van der Waals surface area contributed by atoms with Gasteiger partial charge < -0.3 is 0 Å². The molecule has 0 bridgehead atoms. The van der Waals surface area contributed by atoms with Crippen molar-refractivity contribution in [1.82, 2.24) is 0 Å². The van der Waals surface area contributed by atoms with E-state index >= 15 is 0 Å². The fourth-order valence-electron chi connectivity index (χ4n) is 3.53. The van der Waals surface area contributed by atoms with Gasteiger partial charge in [0.2, 0.25) is 0 Å². The molecule has 0 N–H and O–H groups in total. The average molecular weight is 901 g/mol. The van der Waals surface area contributed by atoms with Gasteiger partial charge in [0.05, 0.1) is 16.9 Å². The number of rotatable bonds is 0. The fraction of sp³-hybridized carbons (Fsp3) is 0. The molecule has 0 aliphatic carbocycles. The number of carbonyl (C=O) groups excluding carboxylic acids is 1. The lowest BCUT2D eigenvalue weighted by Crippen LogP contribution is -2.32. The van der Waals surface area contributed by atoms with E-state index < -0.39 is 0 Å². The number of aliphatic imine (C=N–C) groups is 1. The molecule has 29 heavy (non-hydrogen) atoms. The summed E-state index contributed by atoms with van der Waals surface area (Å²) in [6.07, 6.45) is 0. The molecule has 2 aliphatic rings. The maximum atomic E-state index is 13.6. The number of fused-ring (bicyclic) bond motifs is 4. The van der Waals surface area contributed by atoms with E-state index in [1.54, 1.807) is 4.90 Å². The second-order valence-corrected chi connectivity index (χ2v) is 12.7.